The van der Waals surface area contributed by atoms with Gasteiger partial charge in [0.2, 0.25) is 0 Å². The van der Waals surface area contributed by atoms with Gasteiger partial charge in [0.15, 0.2) is 0 Å². The number of nitro groups is 1. The van der Waals surface area contributed by atoms with E-state index in [-0.39, 0.29) is 28.2 Å². The third kappa shape index (κ3) is 6.01. The van der Waals surface area contributed by atoms with E-state index >= 15 is 0 Å². The van der Waals surface area contributed by atoms with Crippen LogP contribution in [0.5, 0.6) is 0 Å². The van der Waals surface area contributed by atoms with Crippen LogP contribution in [0.3, 0.4) is 0 Å². The van der Waals surface area contributed by atoms with E-state index in [0.717, 1.165) is 19.2 Å². The number of anilines is 1. The highest BCUT2D eigenvalue weighted by Crippen LogP contribution is 2.20. The number of likely N-dealkylation sites (N-methyl/N-ethyl adjacent to an activating group) is 1. The largest absolute Gasteiger partial charge is 0.350 e. The maximum atomic E-state index is 12.5. The molecule has 0 saturated heterocycles. The lowest BCUT2D eigenvalue weighted by Gasteiger charge is -2.26. The van der Waals surface area contributed by atoms with E-state index in [9.17, 15) is 23.3 Å². The molecule has 0 aliphatic carbocycles. The van der Waals surface area contributed by atoms with Gasteiger partial charge in [0, 0.05) is 36.0 Å². The summed E-state index contributed by atoms with van der Waals surface area (Å²) >= 11 is 0. The highest BCUT2D eigenvalue weighted by Gasteiger charge is 2.18. The second-order valence-electron chi connectivity index (χ2n) is 6.72. The van der Waals surface area contributed by atoms with Crippen molar-refractivity contribution in [3.63, 3.8) is 0 Å². The fraction of sp³-hybridized carbons (Fsp3) is 0.350. The summed E-state index contributed by atoms with van der Waals surface area (Å²) in [6.07, 6.45) is 0. The minimum Gasteiger partial charge on any atom is -0.350 e. The number of carbonyl (C=O) groups is 1. The van der Waals surface area contributed by atoms with E-state index < -0.39 is 14.9 Å². The van der Waals surface area contributed by atoms with Crippen LogP contribution in [0, 0.1) is 10.1 Å². The number of non-ortho nitro benzene ring substituents is 1. The molecule has 0 saturated carbocycles. The van der Waals surface area contributed by atoms with Crippen LogP contribution in [-0.4, -0.2) is 49.8 Å². The minimum absolute atomic E-state index is 0.199. The second-order valence-corrected chi connectivity index (χ2v) is 8.40. The monoisotopic (exact) mass is 434 g/mol. The molecular formula is C20H26N4O5S. The molecule has 2 aromatic carbocycles. The van der Waals surface area contributed by atoms with Gasteiger partial charge in [-0.25, -0.2) is 8.42 Å². The number of rotatable bonds is 10. The summed E-state index contributed by atoms with van der Waals surface area (Å²) < 4.78 is 27.3. The number of carbonyl (C=O) groups excluding carboxylic acids is 1. The third-order valence-electron chi connectivity index (χ3n) is 4.73. The lowest BCUT2D eigenvalue weighted by atomic mass is 10.2. The first-order valence-electron chi connectivity index (χ1n) is 9.57. The molecule has 2 aromatic rings. The fourth-order valence-corrected chi connectivity index (χ4v) is 4.08. The molecule has 2 rings (SSSR count). The van der Waals surface area contributed by atoms with Crippen LogP contribution in [0.4, 0.5) is 11.4 Å². The summed E-state index contributed by atoms with van der Waals surface area (Å²) in [4.78, 5) is 24.5. The molecule has 10 heteroatoms. The number of nitrogens with zero attached hydrogens (tertiary/aromatic N) is 2. The van der Waals surface area contributed by atoms with Crippen molar-refractivity contribution in [2.45, 2.75) is 31.7 Å². The van der Waals surface area contributed by atoms with Gasteiger partial charge in [-0.1, -0.05) is 19.9 Å². The van der Waals surface area contributed by atoms with E-state index in [1.165, 1.54) is 42.5 Å². The molecule has 0 aromatic heterocycles. The highest BCUT2D eigenvalue weighted by atomic mass is 32.2. The number of hydrogen-bond donors (Lipinski definition) is 2. The van der Waals surface area contributed by atoms with E-state index in [2.05, 4.69) is 28.8 Å². The van der Waals surface area contributed by atoms with Crippen molar-refractivity contribution in [2.24, 2.45) is 0 Å². The molecule has 0 spiro atoms. The van der Waals surface area contributed by atoms with Crippen LogP contribution in [0.1, 0.15) is 31.1 Å². The normalized spacial score (nSPS) is 12.4. The van der Waals surface area contributed by atoms with Gasteiger partial charge >= 0.3 is 0 Å². The molecule has 0 fully saturated rings. The van der Waals surface area contributed by atoms with Gasteiger partial charge in [0.25, 0.3) is 21.6 Å². The van der Waals surface area contributed by atoms with Gasteiger partial charge in [-0.3, -0.25) is 24.5 Å². The summed E-state index contributed by atoms with van der Waals surface area (Å²) in [5, 5.41) is 13.7. The molecule has 162 valence electrons. The first-order valence-corrected chi connectivity index (χ1v) is 11.1. The third-order valence-corrected chi connectivity index (χ3v) is 6.11. The molecular weight excluding hydrogens is 408 g/mol. The molecule has 1 atom stereocenters. The number of sulfonamides is 1. The Morgan fingerprint density at radius 3 is 2.33 bits per heavy atom. The van der Waals surface area contributed by atoms with Gasteiger partial charge in [-0.2, -0.15) is 0 Å². The number of benzene rings is 2. The van der Waals surface area contributed by atoms with Crippen molar-refractivity contribution in [2.75, 3.05) is 24.4 Å². The topological polar surface area (TPSA) is 122 Å². The first-order chi connectivity index (χ1) is 14.2. The van der Waals surface area contributed by atoms with E-state index in [0.29, 0.717) is 12.1 Å². The maximum Gasteiger partial charge on any atom is 0.270 e. The van der Waals surface area contributed by atoms with Crippen molar-refractivity contribution < 1.29 is 18.1 Å². The standard InChI is InChI=1S/C20H26N4O5S/c1-4-23(5-2)15(3)14-21-20(25)16-9-11-17(12-10-16)22-30(28,29)19-8-6-7-18(13-19)24(26)27/h6-13,15,22H,4-5,14H2,1-3H3,(H,21,25). The Bertz CT molecular complexity index is 989. The van der Waals surface area contributed by atoms with Crippen molar-refractivity contribution in [1.29, 1.82) is 0 Å². The summed E-state index contributed by atoms with van der Waals surface area (Å²) in [6, 6.07) is 11.0. The molecule has 1 unspecified atom stereocenters. The van der Waals surface area contributed by atoms with Crippen molar-refractivity contribution in [3.05, 3.63) is 64.2 Å². The van der Waals surface area contributed by atoms with Crippen molar-refractivity contribution in [1.82, 2.24) is 10.2 Å². The lowest BCUT2D eigenvalue weighted by molar-refractivity contribution is -0.385. The maximum absolute atomic E-state index is 12.5. The van der Waals surface area contributed by atoms with Crippen LogP contribution >= 0.6 is 0 Å². The molecule has 0 aliphatic heterocycles. The van der Waals surface area contributed by atoms with Crippen LogP contribution < -0.4 is 10.0 Å². The molecule has 9 nitrogen and oxygen atoms in total. The minimum atomic E-state index is -4.00. The predicted molar refractivity (Wildman–Crippen MR) is 115 cm³/mol. The van der Waals surface area contributed by atoms with Crippen LogP contribution in [0.15, 0.2) is 53.4 Å². The summed E-state index contributed by atoms with van der Waals surface area (Å²) in [6.45, 7) is 8.46. The Kier molecular flexibility index (Phi) is 7.90. The van der Waals surface area contributed by atoms with Crippen molar-refractivity contribution >= 4 is 27.3 Å². The number of amides is 1. The molecule has 0 bridgehead atoms. The molecule has 0 aliphatic rings. The van der Waals surface area contributed by atoms with E-state index in [1.54, 1.807) is 0 Å². The Morgan fingerprint density at radius 1 is 1.13 bits per heavy atom. The average Bonchev–Trinajstić information content (AvgIpc) is 2.73. The van der Waals surface area contributed by atoms with Gasteiger partial charge in [-0.15, -0.1) is 0 Å². The molecule has 0 heterocycles. The first kappa shape index (κ1) is 23.3. The molecule has 1 amide bonds. The zero-order chi connectivity index (χ0) is 22.3. The van der Waals surface area contributed by atoms with Crippen LogP contribution in [0.2, 0.25) is 0 Å². The average molecular weight is 435 g/mol. The summed E-state index contributed by atoms with van der Waals surface area (Å²) in [5.74, 6) is -0.248. The van der Waals surface area contributed by atoms with E-state index in [4.69, 9.17) is 0 Å². The lowest BCUT2D eigenvalue weighted by Crippen LogP contribution is -2.42. The number of nitrogens with one attached hydrogen (secondary N) is 2. The van der Waals surface area contributed by atoms with Gasteiger partial charge in [0.1, 0.15) is 0 Å². The predicted octanol–water partition coefficient (Wildman–Crippen LogP) is 2.86. The zero-order valence-corrected chi connectivity index (χ0v) is 18.0. The Hall–Kier alpha value is -2.98. The zero-order valence-electron chi connectivity index (χ0n) is 17.2. The summed E-state index contributed by atoms with van der Waals surface area (Å²) in [5.41, 5.74) is 0.332. The van der Waals surface area contributed by atoms with Gasteiger partial charge in [0.05, 0.1) is 9.82 Å². The smallest absolute Gasteiger partial charge is 0.270 e. The highest BCUT2D eigenvalue weighted by molar-refractivity contribution is 7.92. The summed E-state index contributed by atoms with van der Waals surface area (Å²) in [7, 11) is -4.00. The number of hydrogen-bond acceptors (Lipinski definition) is 6. The Labute approximate surface area is 176 Å². The van der Waals surface area contributed by atoms with Crippen LogP contribution in [0.25, 0.3) is 0 Å². The van der Waals surface area contributed by atoms with E-state index in [1.807, 2.05) is 6.92 Å². The molecule has 2 N–H and O–H groups in total. The number of nitro benzene ring substituents is 1. The quantitative estimate of drug-likeness (QED) is 0.438. The fourth-order valence-electron chi connectivity index (χ4n) is 2.99. The Balaban J connectivity index is 2.04. The Morgan fingerprint density at radius 2 is 1.77 bits per heavy atom. The SMILES string of the molecule is CCN(CC)C(C)CNC(=O)c1ccc(NS(=O)(=O)c2cccc([N+](=O)[O-])c2)cc1. The van der Waals surface area contributed by atoms with Gasteiger partial charge < -0.3 is 5.32 Å². The van der Waals surface area contributed by atoms with Crippen molar-refractivity contribution in [3.8, 4) is 0 Å². The van der Waals surface area contributed by atoms with Crippen LogP contribution in [-0.2, 0) is 10.0 Å². The second kappa shape index (κ2) is 10.2. The van der Waals surface area contributed by atoms with Gasteiger partial charge in [-0.05, 0) is 50.3 Å². The molecule has 0 radical (unpaired) electrons. The molecule has 30 heavy (non-hydrogen) atoms.